The number of hydrogen-bond donors (Lipinski definition) is 1. The van der Waals surface area contributed by atoms with Crippen LogP contribution in [0.2, 0.25) is 5.02 Å². The molecule has 3 aromatic rings. The van der Waals surface area contributed by atoms with E-state index in [4.69, 9.17) is 11.6 Å². The third-order valence-corrected chi connectivity index (χ3v) is 4.50. The zero-order valence-electron chi connectivity index (χ0n) is 14.4. The molecule has 26 heavy (non-hydrogen) atoms. The molecule has 0 spiro atoms. The SMILES string of the molecule is CC(C)c1cnc(CO)n1-c1cccc(F)c1C(=O)c1ccccc1Cl. The van der Waals surface area contributed by atoms with Crippen LogP contribution in [0.5, 0.6) is 0 Å². The minimum Gasteiger partial charge on any atom is -0.388 e. The van der Waals surface area contributed by atoms with Gasteiger partial charge < -0.3 is 5.11 Å². The van der Waals surface area contributed by atoms with Crippen LogP contribution in [0.15, 0.2) is 48.7 Å². The van der Waals surface area contributed by atoms with Crippen molar-refractivity contribution in [2.45, 2.75) is 26.4 Å². The summed E-state index contributed by atoms with van der Waals surface area (Å²) >= 11 is 6.14. The number of hydrogen-bond acceptors (Lipinski definition) is 3. The van der Waals surface area contributed by atoms with E-state index in [1.54, 1.807) is 41.1 Å². The van der Waals surface area contributed by atoms with Gasteiger partial charge in [-0.15, -0.1) is 0 Å². The van der Waals surface area contributed by atoms with Crippen molar-refractivity contribution in [3.8, 4) is 5.69 Å². The van der Waals surface area contributed by atoms with Crippen molar-refractivity contribution in [1.82, 2.24) is 9.55 Å². The Kier molecular flexibility index (Phi) is 5.20. The lowest BCUT2D eigenvalue weighted by Crippen LogP contribution is -2.14. The predicted octanol–water partition coefficient (Wildman–Crippen LogP) is 4.51. The number of carbonyl (C=O) groups excluding carboxylic acids is 1. The highest BCUT2D eigenvalue weighted by molar-refractivity contribution is 6.35. The van der Waals surface area contributed by atoms with Gasteiger partial charge in [0.05, 0.1) is 16.3 Å². The molecule has 0 aliphatic carbocycles. The molecule has 6 heteroatoms. The Labute approximate surface area is 155 Å². The first-order valence-electron chi connectivity index (χ1n) is 8.21. The van der Waals surface area contributed by atoms with Crippen LogP contribution in [-0.4, -0.2) is 20.4 Å². The highest BCUT2D eigenvalue weighted by Gasteiger charge is 2.24. The molecular formula is C20H18ClFN2O2. The summed E-state index contributed by atoms with van der Waals surface area (Å²) in [6.07, 6.45) is 1.63. The molecule has 0 saturated carbocycles. The molecule has 3 rings (SSSR count). The lowest BCUT2D eigenvalue weighted by Gasteiger charge is -2.17. The number of ketones is 1. The van der Waals surface area contributed by atoms with Crippen LogP contribution in [0.25, 0.3) is 5.69 Å². The third kappa shape index (κ3) is 3.16. The molecule has 134 valence electrons. The summed E-state index contributed by atoms with van der Waals surface area (Å²) in [6, 6.07) is 10.9. The van der Waals surface area contributed by atoms with Crippen molar-refractivity contribution in [1.29, 1.82) is 0 Å². The summed E-state index contributed by atoms with van der Waals surface area (Å²) in [4.78, 5) is 17.3. The molecule has 0 bridgehead atoms. The maximum Gasteiger partial charge on any atom is 0.199 e. The number of aromatic nitrogens is 2. The Bertz CT molecular complexity index is 966. The summed E-state index contributed by atoms with van der Waals surface area (Å²) in [5.74, 6) is -0.766. The fourth-order valence-corrected chi connectivity index (χ4v) is 3.13. The zero-order chi connectivity index (χ0) is 18.8. The van der Waals surface area contributed by atoms with Gasteiger partial charge in [-0.1, -0.05) is 43.6 Å². The van der Waals surface area contributed by atoms with E-state index in [-0.39, 0.29) is 28.7 Å². The van der Waals surface area contributed by atoms with Crippen molar-refractivity contribution in [3.05, 3.63) is 82.1 Å². The van der Waals surface area contributed by atoms with Crippen LogP contribution in [-0.2, 0) is 6.61 Å². The maximum atomic E-state index is 14.7. The average Bonchev–Trinajstić information content (AvgIpc) is 3.05. The van der Waals surface area contributed by atoms with Gasteiger partial charge in [0.25, 0.3) is 0 Å². The van der Waals surface area contributed by atoms with Gasteiger partial charge in [0.15, 0.2) is 5.78 Å². The van der Waals surface area contributed by atoms with E-state index in [2.05, 4.69) is 4.98 Å². The van der Waals surface area contributed by atoms with Gasteiger partial charge in [-0.25, -0.2) is 9.37 Å². The number of imidazole rings is 1. The molecule has 0 fully saturated rings. The molecule has 0 amide bonds. The Morgan fingerprint density at radius 2 is 1.96 bits per heavy atom. The van der Waals surface area contributed by atoms with E-state index in [9.17, 15) is 14.3 Å². The van der Waals surface area contributed by atoms with E-state index in [1.807, 2.05) is 13.8 Å². The zero-order valence-corrected chi connectivity index (χ0v) is 15.2. The first kappa shape index (κ1) is 18.3. The van der Waals surface area contributed by atoms with Gasteiger partial charge in [-0.05, 0) is 30.2 Å². The van der Waals surface area contributed by atoms with Crippen molar-refractivity contribution in [2.24, 2.45) is 0 Å². The van der Waals surface area contributed by atoms with Crippen LogP contribution in [0.1, 0.15) is 47.2 Å². The summed E-state index contributed by atoms with van der Waals surface area (Å²) in [6.45, 7) is 3.59. The Balaban J connectivity index is 2.27. The predicted molar refractivity (Wildman–Crippen MR) is 98.4 cm³/mol. The van der Waals surface area contributed by atoms with Gasteiger partial charge >= 0.3 is 0 Å². The minimum atomic E-state index is -0.653. The van der Waals surface area contributed by atoms with E-state index < -0.39 is 11.6 Å². The second-order valence-corrected chi connectivity index (χ2v) is 6.60. The van der Waals surface area contributed by atoms with Crippen molar-refractivity contribution in [3.63, 3.8) is 0 Å². The van der Waals surface area contributed by atoms with Crippen LogP contribution < -0.4 is 0 Å². The topological polar surface area (TPSA) is 55.1 Å². The molecule has 1 aromatic heterocycles. The van der Waals surface area contributed by atoms with Crippen molar-refractivity contribution in [2.75, 3.05) is 0 Å². The van der Waals surface area contributed by atoms with Gasteiger partial charge in [-0.3, -0.25) is 9.36 Å². The van der Waals surface area contributed by atoms with E-state index in [0.717, 1.165) is 5.69 Å². The lowest BCUT2D eigenvalue weighted by molar-refractivity contribution is 0.103. The number of halogens is 2. The Morgan fingerprint density at radius 3 is 2.62 bits per heavy atom. The fourth-order valence-electron chi connectivity index (χ4n) is 2.91. The normalized spacial score (nSPS) is 11.2. The second kappa shape index (κ2) is 7.40. The molecule has 4 nitrogen and oxygen atoms in total. The third-order valence-electron chi connectivity index (χ3n) is 4.17. The van der Waals surface area contributed by atoms with E-state index in [0.29, 0.717) is 11.5 Å². The highest BCUT2D eigenvalue weighted by Crippen LogP contribution is 2.29. The number of aliphatic hydroxyl groups is 1. The second-order valence-electron chi connectivity index (χ2n) is 6.19. The fraction of sp³-hybridized carbons (Fsp3) is 0.200. The van der Waals surface area contributed by atoms with Crippen LogP contribution >= 0.6 is 11.6 Å². The molecule has 0 unspecified atom stereocenters. The van der Waals surface area contributed by atoms with Crippen LogP contribution in [0.4, 0.5) is 4.39 Å². The molecule has 2 aromatic carbocycles. The van der Waals surface area contributed by atoms with Crippen LogP contribution in [0, 0.1) is 5.82 Å². The number of benzene rings is 2. The molecule has 1 N–H and O–H groups in total. The molecule has 0 atom stereocenters. The molecule has 0 aliphatic heterocycles. The summed E-state index contributed by atoms with van der Waals surface area (Å²) in [5, 5.41) is 9.91. The summed E-state index contributed by atoms with van der Waals surface area (Å²) < 4.78 is 16.4. The summed E-state index contributed by atoms with van der Waals surface area (Å²) in [7, 11) is 0. The van der Waals surface area contributed by atoms with Crippen LogP contribution in [0.3, 0.4) is 0 Å². The molecule has 1 heterocycles. The highest BCUT2D eigenvalue weighted by atomic mass is 35.5. The Hall–Kier alpha value is -2.50. The smallest absolute Gasteiger partial charge is 0.199 e. The number of carbonyl (C=O) groups is 1. The van der Waals surface area contributed by atoms with Gasteiger partial charge in [-0.2, -0.15) is 0 Å². The van der Waals surface area contributed by atoms with Crippen molar-refractivity contribution >= 4 is 17.4 Å². The van der Waals surface area contributed by atoms with Gasteiger partial charge in [0, 0.05) is 17.5 Å². The maximum absolute atomic E-state index is 14.7. The van der Waals surface area contributed by atoms with Gasteiger partial charge in [0.2, 0.25) is 0 Å². The van der Waals surface area contributed by atoms with Crippen molar-refractivity contribution < 1.29 is 14.3 Å². The average molecular weight is 373 g/mol. The van der Waals surface area contributed by atoms with Gasteiger partial charge in [0.1, 0.15) is 18.2 Å². The Morgan fingerprint density at radius 1 is 1.23 bits per heavy atom. The largest absolute Gasteiger partial charge is 0.388 e. The minimum absolute atomic E-state index is 0.0642. The number of aliphatic hydroxyl groups excluding tert-OH is 1. The first-order chi connectivity index (χ1) is 12.5. The van der Waals surface area contributed by atoms with E-state index >= 15 is 0 Å². The lowest BCUT2D eigenvalue weighted by atomic mass is 10.00. The first-order valence-corrected chi connectivity index (χ1v) is 8.59. The quantitative estimate of drug-likeness (QED) is 0.670. The number of nitrogens with zero attached hydrogens (tertiary/aromatic N) is 2. The molecule has 0 aliphatic rings. The monoisotopic (exact) mass is 372 g/mol. The summed E-state index contributed by atoms with van der Waals surface area (Å²) in [5.41, 5.74) is 1.22. The molecule has 0 saturated heterocycles. The van der Waals surface area contributed by atoms with E-state index in [1.165, 1.54) is 12.1 Å². The number of rotatable bonds is 5. The molecular weight excluding hydrogens is 355 g/mol. The molecule has 0 radical (unpaired) electrons. The standard InChI is InChI=1S/C20H18ClFN2O2/c1-12(2)17-10-23-18(11-25)24(17)16-9-5-8-15(22)19(16)20(26)13-6-3-4-7-14(13)21/h3-10,12,25H,11H2,1-2H3.